The standard InChI is InChI=1S/C10H24N2O2.C7H10BN/c1-9(2,5-7-11)13-8-6-10(3,4)14-12;1-7-5-3-4-6-9(7)8-2/h5-8,11-12H2,1-4H3;3-6H,1-2H3/q;+1. The van der Waals surface area contributed by atoms with E-state index in [9.17, 15) is 0 Å². The molecule has 0 fully saturated rings. The lowest BCUT2D eigenvalue weighted by molar-refractivity contribution is -0.536. The van der Waals surface area contributed by atoms with Crippen molar-refractivity contribution in [3.63, 3.8) is 0 Å². The Kier molecular flexibility index (Phi) is 10.3. The molecule has 131 valence electrons. The number of aryl methyl sites for hydroxylation is 1. The Bertz CT molecular complexity index is 440. The van der Waals surface area contributed by atoms with Gasteiger partial charge in [0, 0.05) is 19.4 Å². The third-order valence-corrected chi connectivity index (χ3v) is 3.64. The van der Waals surface area contributed by atoms with Crippen LogP contribution in [-0.2, 0) is 9.57 Å². The molecular formula is C17H34BN3O2+. The molecule has 23 heavy (non-hydrogen) atoms. The largest absolute Gasteiger partial charge is 0.536 e. The first-order valence-electron chi connectivity index (χ1n) is 8.15. The van der Waals surface area contributed by atoms with Crippen LogP contribution >= 0.6 is 0 Å². The van der Waals surface area contributed by atoms with Crippen LogP contribution in [0.4, 0.5) is 0 Å². The van der Waals surface area contributed by atoms with E-state index in [-0.39, 0.29) is 11.2 Å². The second-order valence-electron chi connectivity index (χ2n) is 6.78. The Hall–Kier alpha value is -0.945. The molecule has 0 bridgehead atoms. The van der Waals surface area contributed by atoms with Gasteiger partial charge in [-0.15, -0.1) is 0 Å². The summed E-state index contributed by atoms with van der Waals surface area (Å²) in [5, 5.41) is 0. The topological polar surface area (TPSA) is 74.4 Å². The highest BCUT2D eigenvalue weighted by Gasteiger charge is 2.21. The van der Waals surface area contributed by atoms with Gasteiger partial charge in [-0.1, -0.05) is 6.07 Å². The molecule has 1 aromatic rings. The Labute approximate surface area is 142 Å². The van der Waals surface area contributed by atoms with E-state index in [4.69, 9.17) is 21.2 Å². The summed E-state index contributed by atoms with van der Waals surface area (Å²) in [4.78, 5) is 4.81. The summed E-state index contributed by atoms with van der Waals surface area (Å²) in [6.07, 6.45) is 3.67. The van der Waals surface area contributed by atoms with E-state index in [1.165, 1.54) is 5.69 Å². The van der Waals surface area contributed by atoms with Crippen LogP contribution in [0.5, 0.6) is 0 Å². The van der Waals surface area contributed by atoms with Crippen LogP contribution in [0.2, 0.25) is 6.82 Å². The second kappa shape index (κ2) is 10.8. The molecular weight excluding hydrogens is 289 g/mol. The summed E-state index contributed by atoms with van der Waals surface area (Å²) in [5.41, 5.74) is 6.26. The van der Waals surface area contributed by atoms with E-state index < -0.39 is 0 Å². The molecule has 0 atom stereocenters. The average molecular weight is 323 g/mol. The Morgan fingerprint density at radius 1 is 1.13 bits per heavy atom. The van der Waals surface area contributed by atoms with Gasteiger partial charge >= 0.3 is 7.41 Å². The van der Waals surface area contributed by atoms with Crippen LogP contribution in [0.15, 0.2) is 24.4 Å². The second-order valence-corrected chi connectivity index (χ2v) is 6.78. The molecule has 1 radical (unpaired) electrons. The number of nitrogens with two attached hydrogens (primary N) is 2. The molecule has 0 aromatic carbocycles. The minimum atomic E-state index is -0.321. The molecule has 0 aliphatic rings. The zero-order chi connectivity index (χ0) is 17.9. The van der Waals surface area contributed by atoms with Crippen molar-refractivity contribution in [3.8, 4) is 0 Å². The minimum Gasteiger partial charge on any atom is -0.375 e. The molecule has 1 aromatic heterocycles. The fourth-order valence-corrected chi connectivity index (χ4v) is 1.88. The zero-order valence-corrected chi connectivity index (χ0v) is 15.6. The molecule has 0 amide bonds. The first kappa shape index (κ1) is 22.1. The Balaban J connectivity index is 0.000000459. The maximum absolute atomic E-state index is 5.69. The fraction of sp³-hybridized carbons (Fsp3) is 0.706. The molecule has 4 N–H and O–H groups in total. The summed E-state index contributed by atoms with van der Waals surface area (Å²) in [5.74, 6) is 5.14. The van der Waals surface area contributed by atoms with E-state index >= 15 is 0 Å². The van der Waals surface area contributed by atoms with Crippen LogP contribution in [-0.4, -0.2) is 31.8 Å². The number of hydrogen-bond donors (Lipinski definition) is 2. The van der Waals surface area contributed by atoms with Crippen molar-refractivity contribution >= 4 is 7.41 Å². The van der Waals surface area contributed by atoms with Crippen LogP contribution < -0.4 is 16.1 Å². The van der Waals surface area contributed by atoms with Crippen molar-refractivity contribution in [1.82, 2.24) is 0 Å². The van der Waals surface area contributed by atoms with Gasteiger partial charge in [0.25, 0.3) is 0 Å². The van der Waals surface area contributed by atoms with Gasteiger partial charge in [0.1, 0.15) is 6.20 Å². The number of pyridine rings is 1. The number of rotatable bonds is 8. The third-order valence-electron chi connectivity index (χ3n) is 3.64. The van der Waals surface area contributed by atoms with Crippen LogP contribution in [0, 0.1) is 6.92 Å². The third kappa shape index (κ3) is 10.4. The molecule has 6 heteroatoms. The monoisotopic (exact) mass is 323 g/mol. The maximum atomic E-state index is 5.69. The molecule has 0 spiro atoms. The molecule has 0 unspecified atom stereocenters. The fourth-order valence-electron chi connectivity index (χ4n) is 1.88. The normalized spacial score (nSPS) is 11.7. The Morgan fingerprint density at radius 3 is 2.22 bits per heavy atom. The van der Waals surface area contributed by atoms with Crippen molar-refractivity contribution < 1.29 is 14.1 Å². The van der Waals surface area contributed by atoms with Gasteiger partial charge in [0.15, 0.2) is 5.69 Å². The lowest BCUT2D eigenvalue weighted by atomic mass is 9.98. The summed E-state index contributed by atoms with van der Waals surface area (Å²) in [7, 11) is 2.04. The van der Waals surface area contributed by atoms with E-state index in [1.807, 2.05) is 60.3 Å². The van der Waals surface area contributed by atoms with E-state index in [0.29, 0.717) is 13.2 Å². The molecule has 5 nitrogen and oxygen atoms in total. The predicted molar refractivity (Wildman–Crippen MR) is 96.1 cm³/mol. The van der Waals surface area contributed by atoms with Gasteiger partial charge in [0.05, 0.1) is 17.8 Å². The van der Waals surface area contributed by atoms with Gasteiger partial charge < -0.3 is 10.5 Å². The highest BCUT2D eigenvalue weighted by atomic mass is 16.6. The van der Waals surface area contributed by atoms with Gasteiger partial charge in [-0.2, -0.15) is 0 Å². The van der Waals surface area contributed by atoms with Crippen LogP contribution in [0.25, 0.3) is 0 Å². The van der Waals surface area contributed by atoms with Crippen molar-refractivity contribution in [2.24, 2.45) is 11.6 Å². The number of nitrogens with zero attached hydrogens (tertiary/aromatic N) is 1. The summed E-state index contributed by atoms with van der Waals surface area (Å²) in [6.45, 7) is 13.3. The molecule has 0 aliphatic heterocycles. The van der Waals surface area contributed by atoms with Crippen LogP contribution in [0.1, 0.15) is 46.2 Å². The van der Waals surface area contributed by atoms with E-state index in [2.05, 4.69) is 17.5 Å². The molecule has 1 rings (SSSR count). The molecule has 0 saturated carbocycles. The highest BCUT2D eigenvalue weighted by Crippen LogP contribution is 2.17. The van der Waals surface area contributed by atoms with Gasteiger partial charge in [-0.3, -0.25) is 9.32 Å². The molecule has 0 saturated heterocycles. The Morgan fingerprint density at radius 2 is 1.78 bits per heavy atom. The number of aromatic nitrogens is 1. The smallest absolute Gasteiger partial charge is 0.375 e. The van der Waals surface area contributed by atoms with E-state index in [0.717, 1.165) is 12.8 Å². The lowest BCUT2D eigenvalue weighted by Gasteiger charge is -2.28. The predicted octanol–water partition coefficient (Wildman–Crippen LogP) is 1.99. The summed E-state index contributed by atoms with van der Waals surface area (Å²) < 4.78 is 7.78. The van der Waals surface area contributed by atoms with Gasteiger partial charge in [0.2, 0.25) is 0 Å². The summed E-state index contributed by atoms with van der Waals surface area (Å²) in [6, 6.07) is 6.14. The average Bonchev–Trinajstić information content (AvgIpc) is 2.48. The van der Waals surface area contributed by atoms with E-state index in [1.54, 1.807) is 0 Å². The van der Waals surface area contributed by atoms with Crippen molar-refractivity contribution in [2.75, 3.05) is 13.2 Å². The van der Waals surface area contributed by atoms with Gasteiger partial charge in [-0.05, 0) is 53.5 Å². The first-order valence-corrected chi connectivity index (χ1v) is 8.15. The van der Waals surface area contributed by atoms with Crippen molar-refractivity contribution in [2.45, 2.75) is 65.5 Å². The molecule has 1 heterocycles. The lowest BCUT2D eigenvalue weighted by Crippen LogP contribution is -2.40. The molecule has 0 aliphatic carbocycles. The quantitative estimate of drug-likeness (QED) is 0.567. The van der Waals surface area contributed by atoms with Crippen molar-refractivity contribution in [3.05, 3.63) is 30.1 Å². The van der Waals surface area contributed by atoms with Crippen LogP contribution in [0.3, 0.4) is 0 Å². The minimum absolute atomic E-state index is 0.153. The van der Waals surface area contributed by atoms with Crippen molar-refractivity contribution in [1.29, 1.82) is 0 Å². The first-order chi connectivity index (χ1) is 10.7. The summed E-state index contributed by atoms with van der Waals surface area (Å²) >= 11 is 0. The number of ether oxygens (including phenoxy) is 1. The maximum Gasteiger partial charge on any atom is 0.536 e. The zero-order valence-electron chi connectivity index (χ0n) is 15.6. The SMILES string of the molecule is CC(C)(CCOC(C)(C)CCN)ON.C[B][n+]1ccccc1C. The highest BCUT2D eigenvalue weighted by molar-refractivity contribution is 6.22. The van der Waals surface area contributed by atoms with Gasteiger partial charge in [-0.25, -0.2) is 5.90 Å². The number of hydrogen-bond acceptors (Lipinski definition) is 4.